The van der Waals surface area contributed by atoms with Gasteiger partial charge in [-0.3, -0.25) is 4.79 Å². The largest absolute Gasteiger partial charge is 0.377 e. The van der Waals surface area contributed by atoms with Crippen LogP contribution in [0.2, 0.25) is 0 Å². The molecule has 5 heteroatoms. The average molecular weight is 339 g/mol. The number of hydrogen-bond acceptors (Lipinski definition) is 3. The highest BCUT2D eigenvalue weighted by Crippen LogP contribution is 2.26. The summed E-state index contributed by atoms with van der Waals surface area (Å²) in [5.74, 6) is -0.0876. The molecule has 2 aromatic rings. The van der Waals surface area contributed by atoms with E-state index in [9.17, 15) is 4.79 Å². The number of halogens is 1. The molecule has 0 saturated carbocycles. The Hall–Kier alpha value is -1.33. The number of thiophene rings is 1. The number of amides is 1. The normalized spacial score (nSPS) is 10.3. The maximum atomic E-state index is 12.1. The summed E-state index contributed by atoms with van der Waals surface area (Å²) in [4.78, 5) is 14.8. The van der Waals surface area contributed by atoms with Crippen LogP contribution in [0.3, 0.4) is 0 Å². The number of hydrogen-bond donors (Lipinski definition) is 1. The zero-order valence-corrected chi connectivity index (χ0v) is 13.4. The number of carbonyl (C=O) groups excluding carboxylic acids is 1. The number of carbonyl (C=O) groups is 1. The van der Waals surface area contributed by atoms with Crippen LogP contribution >= 0.6 is 27.3 Å². The SMILES string of the molecule is Cc1ccc(NC(=O)c2sccc2Br)cc1N(C)C. The molecule has 3 nitrogen and oxygen atoms in total. The first-order valence-corrected chi connectivity index (χ1v) is 7.48. The van der Waals surface area contributed by atoms with E-state index in [0.29, 0.717) is 4.88 Å². The van der Waals surface area contributed by atoms with Gasteiger partial charge in [-0.25, -0.2) is 0 Å². The summed E-state index contributed by atoms with van der Waals surface area (Å²) >= 11 is 4.79. The number of anilines is 2. The van der Waals surface area contributed by atoms with Crippen molar-refractivity contribution in [3.05, 3.63) is 44.6 Å². The van der Waals surface area contributed by atoms with Crippen LogP contribution in [0.4, 0.5) is 11.4 Å². The predicted octanol–water partition coefficient (Wildman–Crippen LogP) is 4.14. The van der Waals surface area contributed by atoms with E-state index in [1.165, 1.54) is 16.9 Å². The molecule has 0 aliphatic rings. The molecular weight excluding hydrogens is 324 g/mol. The minimum absolute atomic E-state index is 0.0876. The number of nitrogens with zero attached hydrogens (tertiary/aromatic N) is 1. The fraction of sp³-hybridized carbons (Fsp3) is 0.214. The summed E-state index contributed by atoms with van der Waals surface area (Å²) in [5, 5.41) is 4.81. The quantitative estimate of drug-likeness (QED) is 0.912. The fourth-order valence-electron chi connectivity index (χ4n) is 1.81. The summed E-state index contributed by atoms with van der Waals surface area (Å²) in [6, 6.07) is 7.78. The van der Waals surface area contributed by atoms with Gasteiger partial charge in [-0.05, 0) is 52.0 Å². The molecule has 1 heterocycles. The molecule has 2 rings (SSSR count). The Morgan fingerprint density at radius 1 is 1.32 bits per heavy atom. The van der Waals surface area contributed by atoms with Gasteiger partial charge in [0.1, 0.15) is 4.88 Å². The topological polar surface area (TPSA) is 32.3 Å². The van der Waals surface area contributed by atoms with Gasteiger partial charge in [0.15, 0.2) is 0 Å². The standard InChI is InChI=1S/C14H15BrN2OS/c1-9-4-5-10(8-12(9)17(2)3)16-14(18)13-11(15)6-7-19-13/h4-8H,1-3H3,(H,16,18). The van der Waals surface area contributed by atoms with Crippen molar-refractivity contribution < 1.29 is 4.79 Å². The molecule has 0 saturated heterocycles. The lowest BCUT2D eigenvalue weighted by molar-refractivity contribution is 0.103. The van der Waals surface area contributed by atoms with Gasteiger partial charge in [0.05, 0.1) is 0 Å². The lowest BCUT2D eigenvalue weighted by Crippen LogP contribution is -2.13. The number of nitrogens with one attached hydrogen (secondary N) is 1. The predicted molar refractivity (Wildman–Crippen MR) is 85.5 cm³/mol. The van der Waals surface area contributed by atoms with E-state index in [0.717, 1.165) is 15.8 Å². The van der Waals surface area contributed by atoms with Crippen LogP contribution in [0.5, 0.6) is 0 Å². The second-order valence-corrected chi connectivity index (χ2v) is 6.22. The van der Waals surface area contributed by atoms with Gasteiger partial charge >= 0.3 is 0 Å². The van der Waals surface area contributed by atoms with E-state index in [4.69, 9.17) is 0 Å². The van der Waals surface area contributed by atoms with Crippen LogP contribution in [0.25, 0.3) is 0 Å². The van der Waals surface area contributed by atoms with E-state index in [1.54, 1.807) is 0 Å². The summed E-state index contributed by atoms with van der Waals surface area (Å²) in [5.41, 5.74) is 3.09. The molecule has 1 aromatic carbocycles. The van der Waals surface area contributed by atoms with E-state index in [-0.39, 0.29) is 5.91 Å². The Morgan fingerprint density at radius 2 is 2.05 bits per heavy atom. The Labute approximate surface area is 125 Å². The Morgan fingerprint density at radius 3 is 2.63 bits per heavy atom. The number of aryl methyl sites for hydroxylation is 1. The summed E-state index contributed by atoms with van der Waals surface area (Å²) in [7, 11) is 3.98. The van der Waals surface area contributed by atoms with Crippen molar-refractivity contribution in [2.24, 2.45) is 0 Å². The van der Waals surface area contributed by atoms with Crippen molar-refractivity contribution in [1.82, 2.24) is 0 Å². The van der Waals surface area contributed by atoms with E-state index in [1.807, 2.05) is 48.6 Å². The number of benzene rings is 1. The summed E-state index contributed by atoms with van der Waals surface area (Å²) in [6.45, 7) is 2.05. The number of rotatable bonds is 3. The summed E-state index contributed by atoms with van der Waals surface area (Å²) in [6.07, 6.45) is 0. The Kier molecular flexibility index (Phi) is 4.27. The van der Waals surface area contributed by atoms with Crippen LogP contribution < -0.4 is 10.2 Å². The first kappa shape index (κ1) is 14.1. The molecule has 100 valence electrons. The molecule has 0 atom stereocenters. The van der Waals surface area contributed by atoms with E-state index >= 15 is 0 Å². The molecule has 1 amide bonds. The highest BCUT2D eigenvalue weighted by Gasteiger charge is 2.12. The summed E-state index contributed by atoms with van der Waals surface area (Å²) < 4.78 is 0.829. The molecular formula is C14H15BrN2OS. The fourth-order valence-corrected chi connectivity index (χ4v) is 3.26. The molecule has 0 unspecified atom stereocenters. The van der Waals surface area contributed by atoms with Gasteiger partial charge in [-0.1, -0.05) is 6.07 Å². The van der Waals surface area contributed by atoms with Crippen molar-refractivity contribution in [2.75, 3.05) is 24.3 Å². The molecule has 0 fully saturated rings. The van der Waals surface area contributed by atoms with Crippen LogP contribution in [0.15, 0.2) is 34.1 Å². The maximum Gasteiger partial charge on any atom is 0.266 e. The van der Waals surface area contributed by atoms with Gasteiger partial charge in [0.25, 0.3) is 5.91 Å². The van der Waals surface area contributed by atoms with E-state index < -0.39 is 0 Å². The average Bonchev–Trinajstić information content (AvgIpc) is 2.77. The Bertz CT molecular complexity index is 607. The van der Waals surface area contributed by atoms with Crippen molar-refractivity contribution in [3.8, 4) is 0 Å². The first-order chi connectivity index (χ1) is 8.99. The first-order valence-electron chi connectivity index (χ1n) is 5.81. The molecule has 0 aliphatic heterocycles. The lowest BCUT2D eigenvalue weighted by Gasteiger charge is -2.17. The van der Waals surface area contributed by atoms with Crippen LogP contribution in [0.1, 0.15) is 15.2 Å². The second-order valence-electron chi connectivity index (χ2n) is 4.45. The molecule has 0 radical (unpaired) electrons. The third-order valence-electron chi connectivity index (χ3n) is 2.77. The van der Waals surface area contributed by atoms with Crippen LogP contribution in [0, 0.1) is 6.92 Å². The minimum Gasteiger partial charge on any atom is -0.377 e. The molecule has 1 N–H and O–H groups in total. The van der Waals surface area contributed by atoms with Gasteiger partial charge in [-0.2, -0.15) is 0 Å². The van der Waals surface area contributed by atoms with Gasteiger partial charge in [-0.15, -0.1) is 11.3 Å². The van der Waals surface area contributed by atoms with Crippen molar-refractivity contribution >= 4 is 44.5 Å². The third kappa shape index (κ3) is 3.16. The van der Waals surface area contributed by atoms with Gasteiger partial charge in [0.2, 0.25) is 0 Å². The van der Waals surface area contributed by atoms with E-state index in [2.05, 4.69) is 28.2 Å². The van der Waals surface area contributed by atoms with Crippen molar-refractivity contribution in [2.45, 2.75) is 6.92 Å². The minimum atomic E-state index is -0.0876. The van der Waals surface area contributed by atoms with Crippen molar-refractivity contribution in [3.63, 3.8) is 0 Å². The molecule has 0 spiro atoms. The highest BCUT2D eigenvalue weighted by atomic mass is 79.9. The maximum absolute atomic E-state index is 12.1. The molecule has 1 aromatic heterocycles. The van der Waals surface area contributed by atoms with Crippen molar-refractivity contribution in [1.29, 1.82) is 0 Å². The van der Waals surface area contributed by atoms with Crippen LogP contribution in [-0.4, -0.2) is 20.0 Å². The highest BCUT2D eigenvalue weighted by molar-refractivity contribution is 9.10. The smallest absolute Gasteiger partial charge is 0.266 e. The second kappa shape index (κ2) is 5.75. The van der Waals surface area contributed by atoms with Gasteiger partial charge < -0.3 is 10.2 Å². The monoisotopic (exact) mass is 338 g/mol. The third-order valence-corrected chi connectivity index (χ3v) is 4.61. The van der Waals surface area contributed by atoms with Gasteiger partial charge in [0, 0.05) is 29.9 Å². The zero-order valence-electron chi connectivity index (χ0n) is 11.0. The zero-order chi connectivity index (χ0) is 14.0. The Balaban J connectivity index is 2.22. The lowest BCUT2D eigenvalue weighted by atomic mass is 10.1. The molecule has 0 bridgehead atoms. The molecule has 0 aliphatic carbocycles. The van der Waals surface area contributed by atoms with Crippen LogP contribution in [-0.2, 0) is 0 Å². The molecule has 19 heavy (non-hydrogen) atoms.